The summed E-state index contributed by atoms with van der Waals surface area (Å²) in [5.41, 5.74) is 0. The van der Waals surface area contributed by atoms with Crippen molar-refractivity contribution in [2.75, 3.05) is 13.2 Å². The highest BCUT2D eigenvalue weighted by Gasteiger charge is 2.39. The van der Waals surface area contributed by atoms with E-state index in [-0.39, 0.29) is 13.2 Å². The van der Waals surface area contributed by atoms with Gasteiger partial charge in [0.05, 0.1) is 24.4 Å². The van der Waals surface area contributed by atoms with Gasteiger partial charge in [-0.15, -0.1) is 0 Å². The zero-order valence-corrected chi connectivity index (χ0v) is 19.6. The minimum absolute atomic E-state index is 0.218. The van der Waals surface area contributed by atoms with E-state index in [1.807, 2.05) is 91.0 Å². The minimum Gasteiger partial charge on any atom is -0.466 e. The number of rotatable bonds is 8. The Kier molecular flexibility index (Phi) is 8.08. The summed E-state index contributed by atoms with van der Waals surface area (Å²) in [5.74, 6) is -1.66. The summed E-state index contributed by atoms with van der Waals surface area (Å²) < 4.78 is 10.9. The van der Waals surface area contributed by atoms with Gasteiger partial charge in [-0.2, -0.15) is 0 Å². The van der Waals surface area contributed by atoms with Crippen LogP contribution in [0.5, 0.6) is 0 Å². The van der Waals surface area contributed by atoms with Crippen LogP contribution < -0.4 is 15.9 Å². The first-order valence-corrected chi connectivity index (χ1v) is 12.6. The van der Waals surface area contributed by atoms with E-state index in [4.69, 9.17) is 9.47 Å². The molecule has 1 unspecified atom stereocenters. The number of hydrogen-bond donors (Lipinski definition) is 0. The molecular weight excluding hydrogens is 419 g/mol. The van der Waals surface area contributed by atoms with Gasteiger partial charge in [0, 0.05) is 0 Å². The summed E-state index contributed by atoms with van der Waals surface area (Å²) in [6.45, 7) is 3.01. The molecule has 0 spiro atoms. The molecular formula is C27H29O4P. The van der Waals surface area contributed by atoms with Gasteiger partial charge in [-0.3, -0.25) is 4.79 Å². The van der Waals surface area contributed by atoms with Gasteiger partial charge in [0.2, 0.25) is 0 Å². The molecule has 5 heteroatoms. The van der Waals surface area contributed by atoms with Crippen LogP contribution in [0, 0.1) is 5.92 Å². The van der Waals surface area contributed by atoms with Crippen LogP contribution in [-0.4, -0.2) is 30.4 Å². The molecule has 3 aromatic carbocycles. The van der Waals surface area contributed by atoms with Gasteiger partial charge in [-0.05, 0) is 43.6 Å². The first-order valence-electron chi connectivity index (χ1n) is 10.8. The smallest absolute Gasteiger partial charge is 0.335 e. The average Bonchev–Trinajstić information content (AvgIpc) is 2.84. The molecule has 0 saturated carbocycles. The van der Waals surface area contributed by atoms with Crippen molar-refractivity contribution < 1.29 is 19.1 Å². The van der Waals surface area contributed by atoms with Crippen LogP contribution in [0.1, 0.15) is 20.8 Å². The third kappa shape index (κ3) is 4.56. The summed E-state index contributed by atoms with van der Waals surface area (Å²) in [5, 5.41) is 3.39. The van der Waals surface area contributed by atoms with Crippen molar-refractivity contribution in [1.29, 1.82) is 0 Å². The fourth-order valence-corrected chi connectivity index (χ4v) is 8.62. The highest BCUT2D eigenvalue weighted by atomic mass is 31.2. The first kappa shape index (κ1) is 23.6. The second-order valence-corrected chi connectivity index (χ2v) is 10.6. The van der Waals surface area contributed by atoms with Gasteiger partial charge in [-0.1, -0.05) is 91.0 Å². The Bertz CT molecular complexity index is 989. The predicted octanol–water partition coefficient (Wildman–Crippen LogP) is 3.92. The molecule has 0 bridgehead atoms. The number of carbonyl (C=O) groups excluding carboxylic acids is 2. The molecule has 0 aromatic heterocycles. The van der Waals surface area contributed by atoms with Crippen molar-refractivity contribution in [2.45, 2.75) is 20.8 Å². The average molecular weight is 448 g/mol. The summed E-state index contributed by atoms with van der Waals surface area (Å²) in [7, 11) is 0. The van der Waals surface area contributed by atoms with E-state index in [9.17, 15) is 9.59 Å². The lowest BCUT2D eigenvalue weighted by Gasteiger charge is -2.33. The van der Waals surface area contributed by atoms with E-state index in [1.165, 1.54) is 0 Å². The monoisotopic (exact) mass is 448 g/mol. The molecule has 0 heterocycles. The van der Waals surface area contributed by atoms with E-state index in [0.717, 1.165) is 15.9 Å². The maximum Gasteiger partial charge on any atom is 0.335 e. The Labute approximate surface area is 190 Å². The number of carbonyl (C=O) groups is 2. The molecule has 0 aliphatic carbocycles. The maximum atomic E-state index is 13.6. The van der Waals surface area contributed by atoms with Crippen molar-refractivity contribution >= 4 is 40.0 Å². The van der Waals surface area contributed by atoms with Crippen molar-refractivity contribution in [3.63, 3.8) is 0 Å². The molecule has 1 atom stereocenters. The molecule has 4 nitrogen and oxygen atoms in total. The number of ether oxygens (including phenoxy) is 2. The quantitative estimate of drug-likeness (QED) is 0.387. The number of hydrogen-bond acceptors (Lipinski definition) is 4. The molecule has 3 rings (SSSR count). The second-order valence-electron chi connectivity index (χ2n) is 7.26. The van der Waals surface area contributed by atoms with Crippen LogP contribution >= 0.6 is 6.89 Å². The number of benzene rings is 3. The largest absolute Gasteiger partial charge is 0.466 e. The molecule has 32 heavy (non-hydrogen) atoms. The van der Waals surface area contributed by atoms with Crippen molar-refractivity contribution in [3.8, 4) is 0 Å². The van der Waals surface area contributed by atoms with E-state index < -0.39 is 24.7 Å². The summed E-state index contributed by atoms with van der Waals surface area (Å²) in [4.78, 5) is 26.6. The Morgan fingerprint density at radius 3 is 1.41 bits per heavy atom. The molecule has 0 saturated heterocycles. The Morgan fingerprint density at radius 1 is 0.688 bits per heavy atom. The minimum atomic E-state index is -2.74. The van der Waals surface area contributed by atoms with E-state index in [2.05, 4.69) is 0 Å². The van der Waals surface area contributed by atoms with E-state index >= 15 is 0 Å². The third-order valence-corrected chi connectivity index (χ3v) is 9.84. The molecule has 0 radical (unpaired) electrons. The first-order chi connectivity index (χ1) is 15.6. The summed E-state index contributed by atoms with van der Waals surface area (Å²) in [6.07, 6.45) is 0. The van der Waals surface area contributed by atoms with Crippen LogP contribution in [0.15, 0.2) is 91.0 Å². The fraction of sp³-hybridized carbons (Fsp3) is 0.222. The fourth-order valence-electron chi connectivity index (χ4n) is 4.01. The molecule has 0 N–H and O–H groups in total. The van der Waals surface area contributed by atoms with Gasteiger partial charge >= 0.3 is 11.9 Å². The molecule has 0 fully saturated rings. The number of esters is 2. The van der Waals surface area contributed by atoms with Crippen LogP contribution in [0.25, 0.3) is 0 Å². The molecule has 166 valence electrons. The highest BCUT2D eigenvalue weighted by molar-refractivity contribution is 7.96. The van der Waals surface area contributed by atoms with Crippen LogP contribution in [0.3, 0.4) is 0 Å². The lowest BCUT2D eigenvalue weighted by molar-refractivity contribution is -0.146. The van der Waals surface area contributed by atoms with E-state index in [1.54, 1.807) is 20.8 Å². The van der Waals surface area contributed by atoms with Gasteiger partial charge in [-0.25, -0.2) is 4.79 Å². The maximum absolute atomic E-state index is 13.6. The lowest BCUT2D eigenvalue weighted by Crippen LogP contribution is -2.40. The summed E-state index contributed by atoms with van der Waals surface area (Å²) >= 11 is 0. The summed E-state index contributed by atoms with van der Waals surface area (Å²) in [6, 6.07) is 29.8. The predicted molar refractivity (Wildman–Crippen MR) is 133 cm³/mol. The SMILES string of the molecule is CCOC(=O)C(C(C)C(=O)OCC)=P(c1ccccc1)(c1ccccc1)c1ccccc1. The van der Waals surface area contributed by atoms with Gasteiger partial charge in [0.15, 0.2) is 0 Å². The van der Waals surface area contributed by atoms with Gasteiger partial charge in [0.1, 0.15) is 0 Å². The molecule has 0 aliphatic heterocycles. The van der Waals surface area contributed by atoms with Crippen molar-refractivity contribution in [1.82, 2.24) is 0 Å². The molecule has 0 aliphatic rings. The zero-order chi connectivity index (χ0) is 23.0. The van der Waals surface area contributed by atoms with Crippen LogP contribution in [0.2, 0.25) is 0 Å². The van der Waals surface area contributed by atoms with E-state index in [0.29, 0.717) is 5.29 Å². The van der Waals surface area contributed by atoms with Crippen molar-refractivity contribution in [2.24, 2.45) is 5.92 Å². The van der Waals surface area contributed by atoms with Gasteiger partial charge in [0.25, 0.3) is 0 Å². The zero-order valence-electron chi connectivity index (χ0n) is 18.7. The third-order valence-electron chi connectivity index (χ3n) is 5.33. The van der Waals surface area contributed by atoms with Crippen LogP contribution in [0.4, 0.5) is 0 Å². The van der Waals surface area contributed by atoms with Crippen molar-refractivity contribution in [3.05, 3.63) is 91.0 Å². The Balaban J connectivity index is 2.59. The van der Waals surface area contributed by atoms with Crippen LogP contribution in [-0.2, 0) is 19.1 Å². The molecule has 3 aromatic rings. The second kappa shape index (κ2) is 11.0. The van der Waals surface area contributed by atoms with Gasteiger partial charge < -0.3 is 9.47 Å². The lowest BCUT2D eigenvalue weighted by atomic mass is 10.1. The topological polar surface area (TPSA) is 52.6 Å². The highest BCUT2D eigenvalue weighted by Crippen LogP contribution is 2.48. The Hall–Kier alpha value is -3.10. The Morgan fingerprint density at radius 2 is 1.06 bits per heavy atom. The normalized spacial score (nSPS) is 12.0. The standard InChI is InChI=1S/C27H29O4P/c1-4-30-26(28)21(3)25(27(29)31-5-2)32(22-15-9-6-10-16-22,23-17-11-7-12-18-23)24-19-13-8-14-20-24/h6-21H,4-5H2,1-3H3. The molecule has 0 amide bonds.